The first-order valence-electron chi connectivity index (χ1n) is 7.04. The Morgan fingerprint density at radius 3 is 2.53 bits per heavy atom. The molecule has 4 heteroatoms. The van der Waals surface area contributed by atoms with Crippen LogP contribution in [0.15, 0.2) is 24.3 Å². The topological polar surface area (TPSA) is 49.6 Å². The second-order valence-electron chi connectivity index (χ2n) is 5.67. The predicted molar refractivity (Wildman–Crippen MR) is 75.5 cm³/mol. The van der Waals surface area contributed by atoms with Crippen molar-refractivity contribution in [3.05, 3.63) is 29.8 Å². The van der Waals surface area contributed by atoms with Gasteiger partial charge in [0.05, 0.1) is 5.69 Å². The number of amides is 1. The molecule has 0 spiro atoms. The molecule has 19 heavy (non-hydrogen) atoms. The molecule has 0 radical (unpaired) electrons. The van der Waals surface area contributed by atoms with Gasteiger partial charge in [-0.25, -0.2) is 0 Å². The second kappa shape index (κ2) is 4.53. The fourth-order valence-corrected chi connectivity index (χ4v) is 3.33. The molecular formula is C15H21N3O. The lowest BCUT2D eigenvalue weighted by Crippen LogP contribution is -2.40. The number of carbonyl (C=O) groups excluding carboxylic acids is 1. The third kappa shape index (κ3) is 2.00. The van der Waals surface area contributed by atoms with Crippen LogP contribution < -0.4 is 10.7 Å². The highest BCUT2D eigenvalue weighted by atomic mass is 16.2. The molecule has 1 aromatic carbocycles. The highest BCUT2D eigenvalue weighted by Gasteiger charge is 2.36. The molecule has 2 aliphatic rings. The summed E-state index contributed by atoms with van der Waals surface area (Å²) in [6.07, 6.45) is 5.05. The molecule has 0 atom stereocenters. The van der Waals surface area contributed by atoms with Gasteiger partial charge in [-0.2, -0.15) is 0 Å². The number of rotatable bonds is 2. The number of nitrogens with two attached hydrogens (primary N) is 1. The molecule has 1 heterocycles. The molecular weight excluding hydrogens is 238 g/mol. The molecule has 3 rings (SSSR count). The maximum Gasteiger partial charge on any atom is 0.242 e. The van der Waals surface area contributed by atoms with Crippen LogP contribution in [-0.2, 0) is 10.3 Å². The van der Waals surface area contributed by atoms with E-state index in [-0.39, 0.29) is 11.4 Å². The lowest BCUT2D eigenvalue weighted by atomic mass is 9.88. The normalized spacial score (nSPS) is 22.3. The minimum Gasteiger partial charge on any atom is -0.321 e. The summed E-state index contributed by atoms with van der Waals surface area (Å²) < 4.78 is 0. The van der Waals surface area contributed by atoms with E-state index in [1.54, 1.807) is 5.01 Å². The molecule has 1 aliphatic carbocycles. The summed E-state index contributed by atoms with van der Waals surface area (Å²) in [5, 5.41) is 3.78. The van der Waals surface area contributed by atoms with E-state index in [1.807, 2.05) is 19.2 Å². The van der Waals surface area contributed by atoms with Crippen LogP contribution in [0.2, 0.25) is 0 Å². The van der Waals surface area contributed by atoms with Crippen molar-refractivity contribution in [2.24, 2.45) is 5.73 Å². The largest absolute Gasteiger partial charge is 0.321 e. The molecule has 102 valence electrons. The van der Waals surface area contributed by atoms with Crippen molar-refractivity contribution in [2.45, 2.75) is 37.6 Å². The molecule has 0 bridgehead atoms. The van der Waals surface area contributed by atoms with Gasteiger partial charge in [-0.05, 0) is 24.5 Å². The molecule has 0 unspecified atom stereocenters. The maximum atomic E-state index is 11.7. The highest BCUT2D eigenvalue weighted by Crippen LogP contribution is 2.41. The van der Waals surface area contributed by atoms with Gasteiger partial charge in [0.2, 0.25) is 5.91 Å². The summed E-state index contributed by atoms with van der Waals surface area (Å²) in [6, 6.07) is 8.27. The van der Waals surface area contributed by atoms with E-state index < -0.39 is 0 Å². The van der Waals surface area contributed by atoms with Crippen molar-refractivity contribution in [1.82, 2.24) is 5.01 Å². The van der Waals surface area contributed by atoms with Crippen LogP contribution >= 0.6 is 0 Å². The van der Waals surface area contributed by atoms with E-state index in [0.717, 1.165) is 25.1 Å². The van der Waals surface area contributed by atoms with Crippen LogP contribution in [-0.4, -0.2) is 24.5 Å². The molecule has 4 nitrogen and oxygen atoms in total. The number of anilines is 1. The Balaban J connectivity index is 2.00. The Morgan fingerprint density at radius 1 is 1.21 bits per heavy atom. The van der Waals surface area contributed by atoms with Crippen LogP contribution in [0, 0.1) is 0 Å². The average molecular weight is 259 g/mol. The Morgan fingerprint density at radius 2 is 1.89 bits per heavy atom. The molecule has 2 N–H and O–H groups in total. The van der Waals surface area contributed by atoms with Crippen LogP contribution in [0.1, 0.15) is 37.7 Å². The standard InChI is InChI=1S/C15H21N3O/c1-17-14(19)8-11-18(17)13-7-3-2-6-12(13)15(16)9-4-5-10-15/h2-3,6-7H,4-5,8-11,16H2,1H3. The van der Waals surface area contributed by atoms with Crippen molar-refractivity contribution in [1.29, 1.82) is 0 Å². The number of carbonyl (C=O) groups is 1. The van der Waals surface area contributed by atoms with Gasteiger partial charge >= 0.3 is 0 Å². The van der Waals surface area contributed by atoms with Gasteiger partial charge in [0.25, 0.3) is 0 Å². The van der Waals surface area contributed by atoms with E-state index in [4.69, 9.17) is 5.73 Å². The minimum atomic E-state index is -0.219. The molecule has 1 aromatic rings. The van der Waals surface area contributed by atoms with Gasteiger partial charge in [-0.1, -0.05) is 31.0 Å². The van der Waals surface area contributed by atoms with Crippen molar-refractivity contribution < 1.29 is 4.79 Å². The number of para-hydroxylation sites is 1. The van der Waals surface area contributed by atoms with Crippen molar-refractivity contribution in [3.63, 3.8) is 0 Å². The zero-order valence-corrected chi connectivity index (χ0v) is 11.4. The van der Waals surface area contributed by atoms with E-state index in [9.17, 15) is 4.79 Å². The number of hydrazine groups is 1. The monoisotopic (exact) mass is 259 g/mol. The zero-order valence-electron chi connectivity index (χ0n) is 11.4. The van der Waals surface area contributed by atoms with E-state index in [1.165, 1.54) is 18.4 Å². The first-order valence-corrected chi connectivity index (χ1v) is 7.04. The zero-order chi connectivity index (χ0) is 13.5. The smallest absolute Gasteiger partial charge is 0.242 e. The maximum absolute atomic E-state index is 11.7. The summed E-state index contributed by atoms with van der Waals surface area (Å²) in [5.41, 5.74) is 8.67. The first-order chi connectivity index (χ1) is 9.12. The summed E-state index contributed by atoms with van der Waals surface area (Å²) in [7, 11) is 1.84. The van der Waals surface area contributed by atoms with E-state index >= 15 is 0 Å². The van der Waals surface area contributed by atoms with Gasteiger partial charge < -0.3 is 5.73 Å². The number of hydrogen-bond donors (Lipinski definition) is 1. The Hall–Kier alpha value is -1.55. The van der Waals surface area contributed by atoms with Crippen LogP contribution in [0.5, 0.6) is 0 Å². The third-order valence-corrected chi connectivity index (χ3v) is 4.47. The van der Waals surface area contributed by atoms with Gasteiger partial charge in [-0.15, -0.1) is 0 Å². The number of benzene rings is 1. The highest BCUT2D eigenvalue weighted by molar-refractivity contribution is 5.82. The summed E-state index contributed by atoms with van der Waals surface area (Å²) in [6.45, 7) is 0.752. The molecule has 2 fully saturated rings. The van der Waals surface area contributed by atoms with Gasteiger partial charge in [-0.3, -0.25) is 14.8 Å². The molecule has 1 saturated carbocycles. The van der Waals surface area contributed by atoms with Gasteiger partial charge in [0, 0.05) is 25.6 Å². The number of nitrogens with zero attached hydrogens (tertiary/aromatic N) is 2. The van der Waals surface area contributed by atoms with Crippen molar-refractivity contribution in [2.75, 3.05) is 18.6 Å². The minimum absolute atomic E-state index is 0.173. The Kier molecular flexibility index (Phi) is 2.97. The molecule has 1 aliphatic heterocycles. The van der Waals surface area contributed by atoms with Crippen LogP contribution in [0.3, 0.4) is 0 Å². The van der Waals surface area contributed by atoms with Crippen molar-refractivity contribution >= 4 is 11.6 Å². The van der Waals surface area contributed by atoms with Crippen LogP contribution in [0.25, 0.3) is 0 Å². The lowest BCUT2D eigenvalue weighted by molar-refractivity contribution is -0.126. The van der Waals surface area contributed by atoms with Gasteiger partial charge in [0.1, 0.15) is 0 Å². The number of hydrogen-bond acceptors (Lipinski definition) is 3. The summed E-state index contributed by atoms with van der Waals surface area (Å²) in [4.78, 5) is 11.7. The molecule has 0 aromatic heterocycles. The molecule has 1 saturated heterocycles. The average Bonchev–Trinajstić information content (AvgIpc) is 2.99. The third-order valence-electron chi connectivity index (χ3n) is 4.47. The van der Waals surface area contributed by atoms with E-state index in [0.29, 0.717) is 6.42 Å². The Bertz CT molecular complexity index is 494. The van der Waals surface area contributed by atoms with Gasteiger partial charge in [0.15, 0.2) is 0 Å². The second-order valence-corrected chi connectivity index (χ2v) is 5.67. The van der Waals surface area contributed by atoms with Crippen molar-refractivity contribution in [3.8, 4) is 0 Å². The quantitative estimate of drug-likeness (QED) is 0.883. The van der Waals surface area contributed by atoms with E-state index in [2.05, 4.69) is 17.1 Å². The summed E-state index contributed by atoms with van der Waals surface area (Å²) in [5.74, 6) is 0.173. The summed E-state index contributed by atoms with van der Waals surface area (Å²) >= 11 is 0. The molecule has 1 amide bonds. The lowest BCUT2D eigenvalue weighted by Gasteiger charge is -2.33. The fraction of sp³-hybridized carbons (Fsp3) is 0.533. The predicted octanol–water partition coefficient (Wildman–Crippen LogP) is 2.00. The fourth-order valence-electron chi connectivity index (χ4n) is 3.33. The van der Waals surface area contributed by atoms with Crippen LogP contribution in [0.4, 0.5) is 5.69 Å². The Labute approximate surface area is 114 Å². The first kappa shape index (κ1) is 12.5. The SMILES string of the molecule is CN1C(=O)CCN1c1ccccc1C1(N)CCCC1.